The lowest BCUT2D eigenvalue weighted by molar-refractivity contribution is -0.150. The Morgan fingerprint density at radius 3 is 1.94 bits per heavy atom. The summed E-state index contributed by atoms with van der Waals surface area (Å²) in [5.41, 5.74) is -4.45. The van der Waals surface area contributed by atoms with Crippen molar-refractivity contribution in [2.45, 2.75) is 12.4 Å². The molecule has 0 N–H and O–H groups in total. The highest BCUT2D eigenvalue weighted by molar-refractivity contribution is 5.36. The van der Waals surface area contributed by atoms with Gasteiger partial charge in [0.15, 0.2) is 5.69 Å². The summed E-state index contributed by atoms with van der Waals surface area (Å²) >= 11 is 0. The largest absolute Gasteiger partial charge is 0.434 e. The number of pyridine rings is 1. The van der Waals surface area contributed by atoms with Crippen molar-refractivity contribution in [2.75, 3.05) is 0 Å². The van der Waals surface area contributed by atoms with E-state index in [0.717, 1.165) is 6.07 Å². The average molecular weight is 240 g/mol. The molecule has 0 unspecified atom stereocenters. The van der Waals surface area contributed by atoms with Crippen molar-refractivity contribution in [2.24, 2.45) is 0 Å². The lowest BCUT2D eigenvalue weighted by Crippen LogP contribution is -2.16. The highest BCUT2D eigenvalue weighted by Gasteiger charge is 2.40. The molecule has 16 heavy (non-hydrogen) atoms. The van der Waals surface area contributed by atoms with Crippen LogP contribution >= 0.6 is 0 Å². The Morgan fingerprint density at radius 2 is 1.56 bits per heavy atom. The van der Waals surface area contributed by atoms with Crippen molar-refractivity contribution >= 4 is 0 Å². The van der Waals surface area contributed by atoms with Gasteiger partial charge in [-0.05, 0) is 12.1 Å². The third kappa shape index (κ3) is 2.42. The molecule has 1 aromatic heterocycles. The van der Waals surface area contributed by atoms with Crippen LogP contribution in [-0.2, 0) is 12.4 Å². The minimum atomic E-state index is -5.09. The molecule has 1 rings (SSSR count). The zero-order chi connectivity index (χ0) is 12.6. The highest BCUT2D eigenvalue weighted by atomic mass is 19.4. The second kappa shape index (κ2) is 3.66. The molecule has 0 radical (unpaired) electrons. The molecule has 86 valence electrons. The number of aromatic nitrogens is 1. The Kier molecular flexibility index (Phi) is 2.81. The van der Waals surface area contributed by atoms with Gasteiger partial charge in [0.2, 0.25) is 0 Å². The normalized spacial score (nSPS) is 12.3. The van der Waals surface area contributed by atoms with E-state index >= 15 is 0 Å². The Labute approximate surface area is 85.1 Å². The molecule has 0 saturated carbocycles. The lowest BCUT2D eigenvalue weighted by Gasteiger charge is -2.11. The fourth-order valence-electron chi connectivity index (χ4n) is 0.923. The Morgan fingerprint density at radius 1 is 1.00 bits per heavy atom. The zero-order valence-corrected chi connectivity index (χ0v) is 7.32. The number of rotatable bonds is 0. The van der Waals surface area contributed by atoms with Gasteiger partial charge in [-0.25, -0.2) is 4.98 Å². The molecule has 1 aromatic rings. The molecule has 0 aliphatic rings. The predicted octanol–water partition coefficient (Wildman–Crippen LogP) is 2.99. The van der Waals surface area contributed by atoms with Crippen LogP contribution in [0.3, 0.4) is 0 Å². The smallest absolute Gasteiger partial charge is 0.237 e. The number of hydrogen-bond acceptors (Lipinski definition) is 2. The minimum absolute atomic E-state index is 0.327. The quantitative estimate of drug-likeness (QED) is 0.653. The van der Waals surface area contributed by atoms with E-state index in [1.54, 1.807) is 0 Å². The van der Waals surface area contributed by atoms with Crippen molar-refractivity contribution in [3.63, 3.8) is 0 Å². The lowest BCUT2D eigenvalue weighted by atomic mass is 10.2. The zero-order valence-electron chi connectivity index (χ0n) is 7.32. The number of halogens is 6. The van der Waals surface area contributed by atoms with Crippen molar-refractivity contribution < 1.29 is 26.3 Å². The van der Waals surface area contributed by atoms with Crippen LogP contribution < -0.4 is 0 Å². The Balaban J connectivity index is 3.41. The fourth-order valence-corrected chi connectivity index (χ4v) is 0.923. The van der Waals surface area contributed by atoms with Gasteiger partial charge in [0.25, 0.3) is 0 Å². The van der Waals surface area contributed by atoms with Crippen molar-refractivity contribution in [1.29, 1.82) is 5.26 Å². The standard InChI is InChI=1S/C8H2F6N2/c9-7(10,11)5-2-1-4(3-15)6(16-5)8(12,13)14/h1-2H. The third-order valence-corrected chi connectivity index (χ3v) is 1.57. The fraction of sp³-hybridized carbons (Fsp3) is 0.250. The van der Waals surface area contributed by atoms with Gasteiger partial charge in [0.05, 0.1) is 5.56 Å². The van der Waals surface area contributed by atoms with Crippen LogP contribution in [-0.4, -0.2) is 4.98 Å². The summed E-state index contributed by atoms with van der Waals surface area (Å²) < 4.78 is 72.9. The van der Waals surface area contributed by atoms with E-state index in [9.17, 15) is 26.3 Å². The van der Waals surface area contributed by atoms with E-state index in [0.29, 0.717) is 12.1 Å². The molecule has 0 aliphatic carbocycles. The van der Waals surface area contributed by atoms with Gasteiger partial charge in [0.1, 0.15) is 11.8 Å². The molecule has 8 heteroatoms. The average Bonchev–Trinajstić information content (AvgIpc) is 2.14. The monoisotopic (exact) mass is 240 g/mol. The van der Waals surface area contributed by atoms with Crippen molar-refractivity contribution in [1.82, 2.24) is 4.98 Å². The van der Waals surface area contributed by atoms with Crippen LogP contribution in [0.15, 0.2) is 12.1 Å². The van der Waals surface area contributed by atoms with Gasteiger partial charge in [-0.2, -0.15) is 31.6 Å². The maximum atomic E-state index is 12.2. The van der Waals surface area contributed by atoms with Crippen molar-refractivity contribution in [3.05, 3.63) is 29.1 Å². The Hall–Kier alpha value is -1.78. The second-order valence-electron chi connectivity index (χ2n) is 2.70. The molecule has 0 saturated heterocycles. The number of alkyl halides is 6. The summed E-state index contributed by atoms with van der Waals surface area (Å²) in [6.07, 6.45) is -10.1. The predicted molar refractivity (Wildman–Crippen MR) is 39.0 cm³/mol. The van der Waals surface area contributed by atoms with Gasteiger partial charge in [-0.1, -0.05) is 0 Å². The molecule has 0 fully saturated rings. The van der Waals surface area contributed by atoms with E-state index in [-0.39, 0.29) is 0 Å². The van der Waals surface area contributed by atoms with Gasteiger partial charge in [0, 0.05) is 0 Å². The molecule has 0 aromatic carbocycles. The second-order valence-corrected chi connectivity index (χ2v) is 2.70. The van der Waals surface area contributed by atoms with E-state index in [1.807, 2.05) is 0 Å². The van der Waals surface area contributed by atoms with Crippen LogP contribution in [0.4, 0.5) is 26.3 Å². The van der Waals surface area contributed by atoms with Crippen LogP contribution in [0.5, 0.6) is 0 Å². The number of nitrogens with zero attached hydrogens (tertiary/aromatic N) is 2. The topological polar surface area (TPSA) is 36.7 Å². The molecule has 0 aliphatic heterocycles. The van der Waals surface area contributed by atoms with E-state index in [1.165, 1.54) is 0 Å². The van der Waals surface area contributed by atoms with Crippen LogP contribution in [0.1, 0.15) is 17.0 Å². The summed E-state index contributed by atoms with van der Waals surface area (Å²) in [6.45, 7) is 0. The molecule has 1 heterocycles. The van der Waals surface area contributed by atoms with Crippen LogP contribution in [0.25, 0.3) is 0 Å². The van der Waals surface area contributed by atoms with Gasteiger partial charge in [-0.3, -0.25) is 0 Å². The van der Waals surface area contributed by atoms with Gasteiger partial charge < -0.3 is 0 Å². The highest BCUT2D eigenvalue weighted by Crippen LogP contribution is 2.34. The summed E-state index contributed by atoms with van der Waals surface area (Å²) in [4.78, 5) is 2.41. The summed E-state index contributed by atoms with van der Waals surface area (Å²) in [7, 11) is 0. The SMILES string of the molecule is N#Cc1ccc(C(F)(F)F)nc1C(F)(F)F. The summed E-state index contributed by atoms with van der Waals surface area (Å²) in [5.74, 6) is 0. The van der Waals surface area contributed by atoms with Crippen LogP contribution in [0, 0.1) is 11.3 Å². The van der Waals surface area contributed by atoms with Gasteiger partial charge >= 0.3 is 12.4 Å². The number of nitriles is 1. The van der Waals surface area contributed by atoms with Crippen molar-refractivity contribution in [3.8, 4) is 6.07 Å². The first kappa shape index (κ1) is 12.3. The third-order valence-electron chi connectivity index (χ3n) is 1.57. The molecule has 0 amide bonds. The minimum Gasteiger partial charge on any atom is -0.237 e. The molecule has 0 spiro atoms. The van der Waals surface area contributed by atoms with Crippen LogP contribution in [0.2, 0.25) is 0 Å². The van der Waals surface area contributed by atoms with E-state index < -0.39 is 29.3 Å². The first-order valence-corrected chi connectivity index (χ1v) is 3.72. The molecule has 0 bridgehead atoms. The molecular weight excluding hydrogens is 238 g/mol. The van der Waals surface area contributed by atoms with E-state index in [4.69, 9.17) is 5.26 Å². The van der Waals surface area contributed by atoms with E-state index in [2.05, 4.69) is 4.98 Å². The number of hydrogen-bond donors (Lipinski definition) is 0. The Bertz CT molecular complexity index is 439. The first-order valence-electron chi connectivity index (χ1n) is 3.72. The molecule has 2 nitrogen and oxygen atoms in total. The maximum Gasteiger partial charge on any atom is 0.434 e. The van der Waals surface area contributed by atoms with Gasteiger partial charge in [-0.15, -0.1) is 0 Å². The summed E-state index contributed by atoms with van der Waals surface area (Å²) in [5, 5.41) is 8.30. The summed E-state index contributed by atoms with van der Waals surface area (Å²) in [6, 6.07) is 1.90. The maximum absolute atomic E-state index is 12.2. The molecule has 0 atom stereocenters. The first-order chi connectivity index (χ1) is 7.16. The molecular formula is C8H2F6N2.